The summed E-state index contributed by atoms with van der Waals surface area (Å²) >= 11 is 0. The van der Waals surface area contributed by atoms with E-state index in [0.29, 0.717) is 11.4 Å². The molecule has 0 radical (unpaired) electrons. The van der Waals surface area contributed by atoms with Crippen molar-refractivity contribution < 1.29 is 48.2 Å². The molecule has 0 amide bonds. The van der Waals surface area contributed by atoms with Crippen molar-refractivity contribution in [1.29, 1.82) is 0 Å². The van der Waals surface area contributed by atoms with Crippen LogP contribution in [-0.2, 0) is 12.4 Å². The molecule has 180 valence electrons. The minimum absolute atomic E-state index is 0. The van der Waals surface area contributed by atoms with Gasteiger partial charge < -0.3 is 17.0 Å². The van der Waals surface area contributed by atoms with Gasteiger partial charge in [0, 0.05) is 30.0 Å². The Labute approximate surface area is 207 Å². The lowest BCUT2D eigenvalue weighted by atomic mass is 10.0. The molecule has 0 atom stereocenters. The van der Waals surface area contributed by atoms with E-state index in [0.717, 1.165) is 51.9 Å². The molecular weight excluding hydrogens is 534 g/mol. The summed E-state index contributed by atoms with van der Waals surface area (Å²) in [6.07, 6.45) is -8.88. The first-order valence-corrected chi connectivity index (χ1v) is 10.4. The van der Waals surface area contributed by atoms with Crippen LogP contribution in [0.25, 0.3) is 0 Å². The summed E-state index contributed by atoms with van der Waals surface area (Å²) in [6, 6.07) is 24.6. The van der Waals surface area contributed by atoms with E-state index < -0.39 is 23.5 Å². The van der Waals surface area contributed by atoms with Gasteiger partial charge in [-0.3, -0.25) is 4.90 Å². The highest BCUT2D eigenvalue weighted by atomic mass is 79.9. The molecule has 5 rings (SSSR count). The summed E-state index contributed by atoms with van der Waals surface area (Å²) in [5, 5.41) is 0. The molecule has 0 unspecified atom stereocenters. The third kappa shape index (κ3) is 4.53. The van der Waals surface area contributed by atoms with Crippen LogP contribution in [0, 0.1) is 0 Å². The Morgan fingerprint density at radius 2 is 0.914 bits per heavy atom. The van der Waals surface area contributed by atoms with Crippen molar-refractivity contribution in [1.82, 2.24) is 0 Å². The van der Waals surface area contributed by atoms with Crippen molar-refractivity contribution in [3.8, 4) is 0 Å². The summed E-state index contributed by atoms with van der Waals surface area (Å²) in [6.45, 7) is 0. The van der Waals surface area contributed by atoms with E-state index in [-0.39, 0.29) is 17.0 Å². The van der Waals surface area contributed by atoms with Gasteiger partial charge in [0.2, 0.25) is 0 Å². The molecule has 1 aliphatic rings. The van der Waals surface area contributed by atoms with Gasteiger partial charge in [0.15, 0.2) is 11.4 Å². The van der Waals surface area contributed by atoms with E-state index >= 15 is 0 Å². The number of anilines is 3. The molecule has 0 aromatic heterocycles. The first kappa shape index (κ1) is 24.8. The molecule has 0 aliphatic carbocycles. The predicted octanol–water partition coefficient (Wildman–Crippen LogP) is 4.69. The molecule has 35 heavy (non-hydrogen) atoms. The van der Waals surface area contributed by atoms with Gasteiger partial charge in [-0.15, -0.1) is 0 Å². The van der Waals surface area contributed by atoms with Crippen LogP contribution >= 0.6 is 0 Å². The van der Waals surface area contributed by atoms with Crippen molar-refractivity contribution >= 4 is 34.1 Å². The monoisotopic (exact) mass is 550 g/mol. The minimum atomic E-state index is -4.44. The van der Waals surface area contributed by atoms with Crippen LogP contribution in [0.1, 0.15) is 11.1 Å². The van der Waals surface area contributed by atoms with Crippen LogP contribution in [0.15, 0.2) is 97.1 Å². The van der Waals surface area contributed by atoms with E-state index in [9.17, 15) is 26.3 Å². The van der Waals surface area contributed by atoms with Gasteiger partial charge in [-0.25, -0.2) is 4.90 Å². The van der Waals surface area contributed by atoms with E-state index in [4.69, 9.17) is 0 Å². The summed E-state index contributed by atoms with van der Waals surface area (Å²) in [4.78, 5) is 2.61. The molecule has 1 aliphatic heterocycles. The Bertz CT molecular complexity index is 1180. The summed E-state index contributed by atoms with van der Waals surface area (Å²) in [7, 11) is 0. The molecule has 4 aromatic rings. The number of fused-ring (bicyclic) bond motifs is 2. The van der Waals surface area contributed by atoms with Crippen molar-refractivity contribution in [2.75, 3.05) is 4.90 Å². The highest BCUT2D eigenvalue weighted by Crippen LogP contribution is 2.45. The molecule has 0 bridgehead atoms. The van der Waals surface area contributed by atoms with Crippen LogP contribution in [0.2, 0.25) is 0 Å². The molecule has 0 saturated heterocycles. The fraction of sp³-hybridized carbons (Fsp3) is 0.0769. The maximum Gasteiger partial charge on any atom is 0.416 e. The standard InChI is InChI=1S/C26H16F6N2.BrH/c27-25(28,29)17-9-13-19(14-10-17)33-21-5-1-2-6-22(21)34(24-8-4-3-7-23(24)33)20-15-11-18(12-16-20)26(30,31)32;/h1-16H;1H. The highest BCUT2D eigenvalue weighted by Gasteiger charge is 2.37. The second-order valence-electron chi connectivity index (χ2n) is 7.86. The Hall–Kier alpha value is -3.30. The normalized spacial score (nSPS) is 13.6. The number of nitrogens with zero attached hydrogens (tertiary/aromatic N) is 1. The SMILES string of the molecule is FC(F)(F)c1ccc(N2c3ccccc3[NH+](c3ccc(C(F)(F)F)cc3)c3ccccc32)cc1.[Br-]. The number of alkyl halides is 6. The van der Waals surface area contributed by atoms with Crippen LogP contribution in [0.3, 0.4) is 0 Å². The third-order valence-corrected chi connectivity index (χ3v) is 5.78. The molecule has 9 heteroatoms. The van der Waals surface area contributed by atoms with Crippen LogP contribution < -0.4 is 26.8 Å². The number of nitrogens with one attached hydrogen (secondary N) is 1. The molecule has 4 aromatic carbocycles. The number of hydrogen-bond donors (Lipinski definition) is 1. The second-order valence-corrected chi connectivity index (χ2v) is 7.86. The lowest BCUT2D eigenvalue weighted by molar-refractivity contribution is -0.681. The van der Waals surface area contributed by atoms with E-state index in [1.54, 1.807) is 0 Å². The van der Waals surface area contributed by atoms with Gasteiger partial charge in [0.25, 0.3) is 0 Å². The number of quaternary nitrogens is 1. The largest absolute Gasteiger partial charge is 1.00 e. The van der Waals surface area contributed by atoms with Crippen molar-refractivity contribution in [2.45, 2.75) is 12.4 Å². The number of hydrogen-bond acceptors (Lipinski definition) is 1. The lowest BCUT2D eigenvalue weighted by Crippen LogP contribution is -3.00. The number of halogens is 7. The summed E-state index contributed by atoms with van der Waals surface area (Å²) < 4.78 is 78.6. The van der Waals surface area contributed by atoms with Gasteiger partial charge in [-0.05, 0) is 48.5 Å². The zero-order chi connectivity index (χ0) is 24.1. The van der Waals surface area contributed by atoms with Crippen molar-refractivity contribution in [2.24, 2.45) is 0 Å². The summed E-state index contributed by atoms with van der Waals surface area (Å²) in [5.74, 6) is 0. The number of rotatable bonds is 2. The molecule has 2 nitrogen and oxygen atoms in total. The quantitative estimate of drug-likeness (QED) is 0.313. The molecular formula is C26H17BrF6N2. The first-order valence-electron chi connectivity index (χ1n) is 10.4. The average molecular weight is 551 g/mol. The maximum absolute atomic E-state index is 13.1. The van der Waals surface area contributed by atoms with Crippen LogP contribution in [0.5, 0.6) is 0 Å². The van der Waals surface area contributed by atoms with Crippen molar-refractivity contribution in [3.05, 3.63) is 108 Å². The zero-order valence-corrected chi connectivity index (χ0v) is 19.4. The lowest BCUT2D eigenvalue weighted by Gasteiger charge is -2.35. The molecule has 1 heterocycles. The van der Waals surface area contributed by atoms with Gasteiger partial charge in [0.1, 0.15) is 17.1 Å². The topological polar surface area (TPSA) is 7.68 Å². The fourth-order valence-electron chi connectivity index (χ4n) is 4.25. The molecule has 0 saturated carbocycles. The van der Waals surface area contributed by atoms with E-state index in [2.05, 4.69) is 0 Å². The number of para-hydroxylation sites is 4. The third-order valence-electron chi connectivity index (χ3n) is 5.78. The molecule has 0 spiro atoms. The smallest absolute Gasteiger partial charge is 0.416 e. The fourth-order valence-corrected chi connectivity index (χ4v) is 4.25. The molecule has 1 N–H and O–H groups in total. The zero-order valence-electron chi connectivity index (χ0n) is 17.8. The Balaban J connectivity index is 0.00000289. The van der Waals surface area contributed by atoms with Crippen LogP contribution in [-0.4, -0.2) is 0 Å². The van der Waals surface area contributed by atoms with Crippen LogP contribution in [0.4, 0.5) is 60.5 Å². The van der Waals surface area contributed by atoms with E-state index in [1.165, 1.54) is 24.3 Å². The predicted molar refractivity (Wildman–Crippen MR) is 118 cm³/mol. The first-order chi connectivity index (χ1) is 16.1. The highest BCUT2D eigenvalue weighted by molar-refractivity contribution is 5.89. The van der Waals surface area contributed by atoms with Gasteiger partial charge >= 0.3 is 12.4 Å². The minimum Gasteiger partial charge on any atom is -1.00 e. The summed E-state index contributed by atoms with van der Waals surface area (Å²) in [5.41, 5.74) is 2.64. The van der Waals surface area contributed by atoms with Gasteiger partial charge in [0.05, 0.1) is 11.1 Å². The Kier molecular flexibility index (Phi) is 6.42. The maximum atomic E-state index is 13.1. The number of benzene rings is 4. The Morgan fingerprint density at radius 3 is 1.34 bits per heavy atom. The van der Waals surface area contributed by atoms with Gasteiger partial charge in [-0.2, -0.15) is 26.3 Å². The van der Waals surface area contributed by atoms with Gasteiger partial charge in [-0.1, -0.05) is 24.3 Å². The van der Waals surface area contributed by atoms with Crippen molar-refractivity contribution in [3.63, 3.8) is 0 Å². The van der Waals surface area contributed by atoms with E-state index in [1.807, 2.05) is 53.4 Å². The molecule has 0 fully saturated rings. The average Bonchev–Trinajstić information content (AvgIpc) is 2.81. The Morgan fingerprint density at radius 1 is 0.514 bits per heavy atom. The second kappa shape index (κ2) is 9.05.